The van der Waals surface area contributed by atoms with Gasteiger partial charge in [-0.2, -0.15) is 0 Å². The van der Waals surface area contributed by atoms with E-state index in [9.17, 15) is 18.0 Å². The number of sulfone groups is 1. The maximum Gasteiger partial charge on any atom is 0.319 e. The standard InChI is InChI=1S/C22H24N2O6S/c1-4-30-21(25)19-17(13-31(27,28)15-11-9-14(2)10-12-15)23-22(26)24-20(19)16-7-5-6-8-18(16)29-3/h5-13,19-20H,4H2,1-3H3,(H2,23,24,26)/t19-,20+/m0/s1. The molecule has 164 valence electrons. The fraction of sp³-hybridized carbons (Fsp3) is 0.273. The van der Waals surface area contributed by atoms with Crippen LogP contribution in [0.5, 0.6) is 5.75 Å². The number of hydrogen-bond acceptors (Lipinski definition) is 6. The van der Waals surface area contributed by atoms with E-state index in [1.807, 2.05) is 6.92 Å². The van der Waals surface area contributed by atoms with Crippen LogP contribution in [0.4, 0.5) is 4.79 Å². The number of aryl methyl sites for hydroxylation is 1. The molecule has 1 saturated heterocycles. The Labute approximate surface area is 181 Å². The Morgan fingerprint density at radius 3 is 2.45 bits per heavy atom. The Morgan fingerprint density at radius 1 is 1.13 bits per heavy atom. The number of amides is 2. The van der Waals surface area contributed by atoms with Gasteiger partial charge in [-0.05, 0) is 32.0 Å². The summed E-state index contributed by atoms with van der Waals surface area (Å²) in [5, 5.41) is 6.08. The molecule has 0 aliphatic carbocycles. The molecule has 1 aliphatic heterocycles. The van der Waals surface area contributed by atoms with Crippen LogP contribution < -0.4 is 15.4 Å². The lowest BCUT2D eigenvalue weighted by Gasteiger charge is -2.34. The summed E-state index contributed by atoms with van der Waals surface area (Å²) in [6.45, 7) is 3.59. The summed E-state index contributed by atoms with van der Waals surface area (Å²) in [5.41, 5.74) is 1.36. The van der Waals surface area contributed by atoms with Crippen molar-refractivity contribution in [2.45, 2.75) is 24.8 Å². The predicted molar refractivity (Wildman–Crippen MR) is 114 cm³/mol. The monoisotopic (exact) mass is 444 g/mol. The molecule has 0 radical (unpaired) electrons. The van der Waals surface area contributed by atoms with Crippen LogP contribution in [0.25, 0.3) is 0 Å². The number of rotatable bonds is 6. The van der Waals surface area contributed by atoms with Crippen molar-refractivity contribution in [2.24, 2.45) is 5.92 Å². The van der Waals surface area contributed by atoms with Crippen molar-refractivity contribution in [3.63, 3.8) is 0 Å². The first-order valence-corrected chi connectivity index (χ1v) is 11.2. The molecule has 0 spiro atoms. The minimum Gasteiger partial charge on any atom is -0.496 e. The molecule has 0 bridgehead atoms. The van der Waals surface area contributed by atoms with Gasteiger partial charge in [0.25, 0.3) is 0 Å². The number of carbonyl (C=O) groups excluding carboxylic acids is 2. The minimum absolute atomic E-state index is 0.0508. The molecule has 31 heavy (non-hydrogen) atoms. The molecular weight excluding hydrogens is 420 g/mol. The highest BCUT2D eigenvalue weighted by Crippen LogP contribution is 2.36. The molecule has 0 saturated carbocycles. The lowest BCUT2D eigenvalue weighted by atomic mass is 9.88. The second kappa shape index (κ2) is 9.22. The minimum atomic E-state index is -3.95. The van der Waals surface area contributed by atoms with Gasteiger partial charge in [0.2, 0.25) is 9.84 Å². The van der Waals surface area contributed by atoms with Crippen LogP contribution >= 0.6 is 0 Å². The predicted octanol–water partition coefficient (Wildman–Crippen LogP) is 2.85. The number of para-hydroxylation sites is 1. The summed E-state index contributed by atoms with van der Waals surface area (Å²) in [6.07, 6.45) is 0. The number of benzene rings is 2. The summed E-state index contributed by atoms with van der Waals surface area (Å²) in [7, 11) is -2.47. The normalized spacial score (nSPS) is 20.0. The number of methoxy groups -OCH3 is 1. The van der Waals surface area contributed by atoms with Crippen LogP contribution in [0, 0.1) is 12.8 Å². The van der Waals surface area contributed by atoms with Crippen LogP contribution in [-0.2, 0) is 19.4 Å². The van der Waals surface area contributed by atoms with Crippen LogP contribution in [0.1, 0.15) is 24.1 Å². The van der Waals surface area contributed by atoms with E-state index in [-0.39, 0.29) is 17.2 Å². The molecule has 1 fully saturated rings. The SMILES string of the molecule is CCOC(=O)[C@H]1C(=CS(=O)(=O)c2ccc(C)cc2)NC(=O)N[C@@H]1c1ccccc1OC. The molecule has 0 aromatic heterocycles. The molecule has 2 amide bonds. The molecule has 3 rings (SSSR count). The average molecular weight is 445 g/mol. The molecule has 1 heterocycles. The summed E-state index contributed by atoms with van der Waals surface area (Å²) in [4.78, 5) is 25.3. The van der Waals surface area contributed by atoms with Gasteiger partial charge in [0, 0.05) is 11.3 Å². The zero-order valence-corrected chi connectivity index (χ0v) is 18.2. The lowest BCUT2D eigenvalue weighted by Crippen LogP contribution is -2.51. The zero-order valence-electron chi connectivity index (χ0n) is 17.4. The van der Waals surface area contributed by atoms with E-state index in [0.717, 1.165) is 11.0 Å². The van der Waals surface area contributed by atoms with Crippen molar-refractivity contribution in [3.8, 4) is 5.75 Å². The van der Waals surface area contributed by atoms with E-state index in [2.05, 4.69) is 10.6 Å². The second-order valence-electron chi connectivity index (χ2n) is 6.98. The van der Waals surface area contributed by atoms with Crippen molar-refractivity contribution in [1.29, 1.82) is 0 Å². The topological polar surface area (TPSA) is 111 Å². The first kappa shape index (κ1) is 22.4. The first-order valence-electron chi connectivity index (χ1n) is 9.67. The molecule has 2 atom stereocenters. The summed E-state index contributed by atoms with van der Waals surface area (Å²) >= 11 is 0. The maximum absolute atomic E-state index is 13.0. The Bertz CT molecular complexity index is 1110. The highest BCUT2D eigenvalue weighted by Gasteiger charge is 2.41. The van der Waals surface area contributed by atoms with E-state index in [1.54, 1.807) is 43.3 Å². The number of urea groups is 1. The lowest BCUT2D eigenvalue weighted by molar-refractivity contribution is -0.147. The third kappa shape index (κ3) is 4.88. The van der Waals surface area contributed by atoms with E-state index >= 15 is 0 Å². The van der Waals surface area contributed by atoms with Crippen molar-refractivity contribution in [3.05, 3.63) is 70.8 Å². The first-order chi connectivity index (χ1) is 14.8. The summed E-state index contributed by atoms with van der Waals surface area (Å²) in [6, 6.07) is 11.7. The largest absolute Gasteiger partial charge is 0.496 e. The number of hydrogen-bond donors (Lipinski definition) is 2. The Morgan fingerprint density at radius 2 is 1.81 bits per heavy atom. The van der Waals surface area contributed by atoms with E-state index in [1.165, 1.54) is 19.2 Å². The highest BCUT2D eigenvalue weighted by molar-refractivity contribution is 7.94. The van der Waals surface area contributed by atoms with Gasteiger partial charge in [-0.15, -0.1) is 0 Å². The van der Waals surface area contributed by atoms with Crippen molar-refractivity contribution in [2.75, 3.05) is 13.7 Å². The van der Waals surface area contributed by atoms with Gasteiger partial charge in [-0.25, -0.2) is 13.2 Å². The van der Waals surface area contributed by atoms with Crippen molar-refractivity contribution >= 4 is 21.8 Å². The zero-order chi connectivity index (χ0) is 22.6. The molecular formula is C22H24N2O6S. The molecule has 2 aromatic rings. The van der Waals surface area contributed by atoms with E-state index < -0.39 is 33.8 Å². The van der Waals surface area contributed by atoms with Crippen LogP contribution in [-0.4, -0.2) is 34.1 Å². The third-order valence-corrected chi connectivity index (χ3v) is 6.35. The molecule has 8 nitrogen and oxygen atoms in total. The van der Waals surface area contributed by atoms with Gasteiger partial charge in [-0.1, -0.05) is 35.9 Å². The van der Waals surface area contributed by atoms with Crippen molar-refractivity contribution < 1.29 is 27.5 Å². The number of nitrogens with one attached hydrogen (secondary N) is 2. The second-order valence-corrected chi connectivity index (χ2v) is 8.78. The van der Waals surface area contributed by atoms with Gasteiger partial charge in [0.05, 0.1) is 30.1 Å². The van der Waals surface area contributed by atoms with Gasteiger partial charge in [-0.3, -0.25) is 4.79 Å². The molecule has 2 aromatic carbocycles. The Balaban J connectivity index is 2.12. The Kier molecular flexibility index (Phi) is 6.65. The van der Waals surface area contributed by atoms with Gasteiger partial charge >= 0.3 is 12.0 Å². The van der Waals surface area contributed by atoms with E-state index in [0.29, 0.717) is 11.3 Å². The van der Waals surface area contributed by atoms with Gasteiger partial charge < -0.3 is 20.1 Å². The van der Waals surface area contributed by atoms with Crippen molar-refractivity contribution in [1.82, 2.24) is 10.6 Å². The van der Waals surface area contributed by atoms with Gasteiger partial charge in [0.1, 0.15) is 11.7 Å². The highest BCUT2D eigenvalue weighted by atomic mass is 32.2. The average Bonchev–Trinajstić information content (AvgIpc) is 2.73. The number of esters is 1. The molecule has 1 aliphatic rings. The third-order valence-electron chi connectivity index (χ3n) is 4.86. The van der Waals surface area contributed by atoms with E-state index in [4.69, 9.17) is 9.47 Å². The summed E-state index contributed by atoms with van der Waals surface area (Å²) < 4.78 is 36.5. The van der Waals surface area contributed by atoms with Crippen LogP contribution in [0.3, 0.4) is 0 Å². The maximum atomic E-state index is 13.0. The molecule has 2 N–H and O–H groups in total. The fourth-order valence-electron chi connectivity index (χ4n) is 3.39. The number of ether oxygens (including phenoxy) is 2. The van der Waals surface area contributed by atoms with Crippen LogP contribution in [0.15, 0.2) is 64.5 Å². The smallest absolute Gasteiger partial charge is 0.319 e. The Hall–Kier alpha value is -3.33. The number of carbonyl (C=O) groups is 2. The molecule has 0 unspecified atom stereocenters. The molecule has 9 heteroatoms. The van der Waals surface area contributed by atoms with Gasteiger partial charge in [0.15, 0.2) is 0 Å². The fourth-order valence-corrected chi connectivity index (χ4v) is 4.58. The quantitative estimate of drug-likeness (QED) is 0.663. The summed E-state index contributed by atoms with van der Waals surface area (Å²) in [5.74, 6) is -1.34. The van der Waals surface area contributed by atoms with Crippen LogP contribution in [0.2, 0.25) is 0 Å².